The Morgan fingerprint density at radius 3 is 2.07 bits per heavy atom. The van der Waals surface area contributed by atoms with Crippen LogP contribution in [0.25, 0.3) is 0 Å². The zero-order valence-electron chi connectivity index (χ0n) is 24.2. The molecular formula is C31H36Cl3N3O4S. The first-order valence-corrected chi connectivity index (χ1v) is 16.3. The molecule has 42 heavy (non-hydrogen) atoms. The fourth-order valence-electron chi connectivity index (χ4n) is 4.50. The first-order chi connectivity index (χ1) is 19.9. The molecule has 0 aromatic heterocycles. The largest absolute Gasteiger partial charge is 0.354 e. The fourth-order valence-corrected chi connectivity index (χ4v) is 6.65. The lowest BCUT2D eigenvalue weighted by Crippen LogP contribution is -2.52. The molecule has 7 nitrogen and oxygen atoms in total. The summed E-state index contributed by atoms with van der Waals surface area (Å²) in [5.41, 5.74) is 2.10. The summed E-state index contributed by atoms with van der Waals surface area (Å²) in [4.78, 5) is 28.9. The third-order valence-electron chi connectivity index (χ3n) is 7.00. The zero-order chi connectivity index (χ0) is 31.0. The molecule has 3 aromatic rings. The average molecular weight is 653 g/mol. The summed E-state index contributed by atoms with van der Waals surface area (Å²) in [7, 11) is -4.22. The Morgan fingerprint density at radius 1 is 0.881 bits per heavy atom. The third-order valence-corrected chi connectivity index (χ3v) is 9.89. The summed E-state index contributed by atoms with van der Waals surface area (Å²) in [5, 5.41) is 3.91. The van der Waals surface area contributed by atoms with Crippen LogP contribution in [0.4, 0.5) is 5.69 Å². The highest BCUT2D eigenvalue weighted by molar-refractivity contribution is 7.92. The van der Waals surface area contributed by atoms with Crippen molar-refractivity contribution >= 4 is 62.3 Å². The normalized spacial score (nSPS) is 12.1. The van der Waals surface area contributed by atoms with Crippen molar-refractivity contribution in [3.05, 3.63) is 92.4 Å². The minimum absolute atomic E-state index is 0.0188. The summed E-state index contributed by atoms with van der Waals surface area (Å²) in [6.07, 6.45) is 1.95. The van der Waals surface area contributed by atoms with Gasteiger partial charge in [0.25, 0.3) is 10.0 Å². The summed E-state index contributed by atoms with van der Waals surface area (Å²) >= 11 is 19.3. The van der Waals surface area contributed by atoms with Crippen molar-refractivity contribution in [1.82, 2.24) is 10.2 Å². The molecule has 0 spiro atoms. The van der Waals surface area contributed by atoms with Crippen molar-refractivity contribution in [2.75, 3.05) is 17.4 Å². The Morgan fingerprint density at radius 2 is 1.48 bits per heavy atom. The predicted molar refractivity (Wildman–Crippen MR) is 171 cm³/mol. The van der Waals surface area contributed by atoms with Crippen LogP contribution in [0.15, 0.2) is 65.6 Å². The van der Waals surface area contributed by atoms with Gasteiger partial charge in [0.1, 0.15) is 12.6 Å². The van der Waals surface area contributed by atoms with Gasteiger partial charge in [0.2, 0.25) is 11.8 Å². The van der Waals surface area contributed by atoms with Crippen LogP contribution < -0.4 is 9.62 Å². The minimum atomic E-state index is -4.22. The number of hydrogen-bond acceptors (Lipinski definition) is 4. The zero-order valence-corrected chi connectivity index (χ0v) is 27.2. The van der Waals surface area contributed by atoms with Crippen LogP contribution >= 0.6 is 34.8 Å². The van der Waals surface area contributed by atoms with Gasteiger partial charge in [-0.15, -0.1) is 0 Å². The van der Waals surface area contributed by atoms with Crippen LogP contribution in [0.3, 0.4) is 0 Å². The highest BCUT2D eigenvalue weighted by atomic mass is 35.5. The number of nitrogens with zero attached hydrogens (tertiary/aromatic N) is 2. The number of carbonyl (C=O) groups excluding carboxylic acids is 2. The highest BCUT2D eigenvalue weighted by Gasteiger charge is 2.35. The Bertz CT molecular complexity index is 1490. The Kier molecular flexibility index (Phi) is 12.1. The number of carbonyl (C=O) groups is 2. The Hall–Kier alpha value is -2.78. The molecule has 11 heteroatoms. The van der Waals surface area contributed by atoms with Gasteiger partial charge < -0.3 is 10.2 Å². The standard InChI is InChI=1S/C31H36Cl3N3O4S/c1-5-7-18-35-31(39)28(6-2)36(19-24-26(33)11-8-12-27(24)34)30(38)20-37(29-13-9-10-25(32)22(29)4)42(40,41)23-16-14-21(3)15-17-23/h8-17,28H,5-7,18-20H2,1-4H3,(H,35,39)/t28-/m0/s1. The maximum absolute atomic E-state index is 14.2. The molecule has 0 saturated heterocycles. The fraction of sp³-hybridized carbons (Fsp3) is 0.355. The SMILES string of the molecule is CCCCNC(=O)[C@H](CC)N(Cc1c(Cl)cccc1Cl)C(=O)CN(c1cccc(Cl)c1C)S(=O)(=O)c1ccc(C)cc1. The first-order valence-electron chi connectivity index (χ1n) is 13.8. The van der Waals surface area contributed by atoms with E-state index in [-0.39, 0.29) is 29.5 Å². The number of aryl methyl sites for hydroxylation is 1. The number of sulfonamides is 1. The molecular weight excluding hydrogens is 617 g/mol. The third kappa shape index (κ3) is 7.98. The van der Waals surface area contributed by atoms with E-state index in [1.165, 1.54) is 17.0 Å². The van der Waals surface area contributed by atoms with Crippen molar-refractivity contribution < 1.29 is 18.0 Å². The maximum Gasteiger partial charge on any atom is 0.264 e. The number of rotatable bonds is 13. The van der Waals surface area contributed by atoms with Gasteiger partial charge in [0.05, 0.1) is 10.6 Å². The van der Waals surface area contributed by atoms with E-state index < -0.39 is 28.5 Å². The van der Waals surface area contributed by atoms with Crippen molar-refractivity contribution in [2.24, 2.45) is 0 Å². The second-order valence-corrected chi connectivity index (χ2v) is 13.1. The number of halogens is 3. The smallest absolute Gasteiger partial charge is 0.264 e. The quantitative estimate of drug-likeness (QED) is 0.198. The minimum Gasteiger partial charge on any atom is -0.354 e. The van der Waals surface area contributed by atoms with Crippen LogP contribution in [0.2, 0.25) is 15.1 Å². The maximum atomic E-state index is 14.2. The second kappa shape index (κ2) is 15.1. The number of hydrogen-bond donors (Lipinski definition) is 1. The van der Waals surface area contributed by atoms with E-state index in [4.69, 9.17) is 34.8 Å². The molecule has 0 aliphatic heterocycles. The Labute approximate surface area is 263 Å². The number of benzene rings is 3. The van der Waals surface area contributed by atoms with E-state index in [1.807, 2.05) is 13.8 Å². The molecule has 0 fully saturated rings. The number of unbranched alkanes of at least 4 members (excludes halogenated alkanes) is 1. The summed E-state index contributed by atoms with van der Waals surface area (Å²) in [5.74, 6) is -0.937. The van der Waals surface area contributed by atoms with Crippen LogP contribution in [-0.2, 0) is 26.2 Å². The van der Waals surface area contributed by atoms with Gasteiger partial charge in [-0.05, 0) is 68.7 Å². The molecule has 0 saturated carbocycles. The van der Waals surface area contributed by atoms with Gasteiger partial charge in [-0.1, -0.05) is 84.9 Å². The van der Waals surface area contributed by atoms with Gasteiger partial charge in [0, 0.05) is 33.7 Å². The molecule has 3 rings (SSSR count). The van der Waals surface area contributed by atoms with Crippen LogP contribution in [0.1, 0.15) is 49.8 Å². The van der Waals surface area contributed by atoms with Crippen LogP contribution in [-0.4, -0.2) is 44.3 Å². The molecule has 226 valence electrons. The highest BCUT2D eigenvalue weighted by Crippen LogP contribution is 2.32. The average Bonchev–Trinajstić information content (AvgIpc) is 2.95. The molecule has 1 atom stereocenters. The second-order valence-electron chi connectivity index (χ2n) is 10.00. The van der Waals surface area contributed by atoms with E-state index in [0.29, 0.717) is 32.7 Å². The topological polar surface area (TPSA) is 86.8 Å². The Balaban J connectivity index is 2.12. The van der Waals surface area contributed by atoms with E-state index in [1.54, 1.807) is 62.4 Å². The first kappa shape index (κ1) is 33.7. The van der Waals surface area contributed by atoms with E-state index >= 15 is 0 Å². The van der Waals surface area contributed by atoms with Crippen molar-refractivity contribution in [1.29, 1.82) is 0 Å². The van der Waals surface area contributed by atoms with Gasteiger partial charge in [-0.2, -0.15) is 0 Å². The molecule has 0 aliphatic carbocycles. The molecule has 0 heterocycles. The van der Waals surface area contributed by atoms with Crippen molar-refractivity contribution in [3.63, 3.8) is 0 Å². The lowest BCUT2D eigenvalue weighted by Gasteiger charge is -2.34. The molecule has 3 aromatic carbocycles. The predicted octanol–water partition coefficient (Wildman–Crippen LogP) is 7.18. The number of amides is 2. The molecule has 1 N–H and O–H groups in total. The van der Waals surface area contributed by atoms with Gasteiger partial charge in [-0.3, -0.25) is 13.9 Å². The molecule has 0 radical (unpaired) electrons. The van der Waals surface area contributed by atoms with E-state index in [9.17, 15) is 18.0 Å². The van der Waals surface area contributed by atoms with E-state index in [0.717, 1.165) is 22.7 Å². The molecule has 0 aliphatic rings. The number of anilines is 1. The van der Waals surface area contributed by atoms with Crippen LogP contribution in [0, 0.1) is 13.8 Å². The molecule has 0 unspecified atom stereocenters. The van der Waals surface area contributed by atoms with Gasteiger partial charge in [-0.25, -0.2) is 8.42 Å². The van der Waals surface area contributed by atoms with Crippen molar-refractivity contribution in [2.45, 2.75) is 64.4 Å². The summed E-state index contributed by atoms with van der Waals surface area (Å²) in [6, 6.07) is 15.4. The lowest BCUT2D eigenvalue weighted by atomic mass is 10.1. The lowest BCUT2D eigenvalue weighted by molar-refractivity contribution is -0.140. The summed E-state index contributed by atoms with van der Waals surface area (Å²) in [6.45, 7) is 7.13. The van der Waals surface area contributed by atoms with Gasteiger partial charge in [0.15, 0.2) is 0 Å². The molecule has 0 bridgehead atoms. The monoisotopic (exact) mass is 651 g/mol. The summed E-state index contributed by atoms with van der Waals surface area (Å²) < 4.78 is 29.2. The van der Waals surface area contributed by atoms with Crippen LogP contribution in [0.5, 0.6) is 0 Å². The van der Waals surface area contributed by atoms with Crippen molar-refractivity contribution in [3.8, 4) is 0 Å². The van der Waals surface area contributed by atoms with E-state index in [2.05, 4.69) is 5.32 Å². The van der Waals surface area contributed by atoms with Gasteiger partial charge >= 0.3 is 0 Å². The number of nitrogens with one attached hydrogen (secondary N) is 1. The molecule has 2 amide bonds.